The standard InChI is InChI=1S/C84H81BN4O/c1-79(2,3)57-37-42-67(62(49-57)55-28-15-12-16-29-55)86-70-43-38-58(80(4,5)6)50-66(70)85-65-40-39-59(88-69-41-36-56(54-26-13-11-14-27-54)48-64(69)82(8)45-22-24-47-84(82,88)10)51-72(65)87(71-33-25-35-76-77(71)61-30-17-20-34-75(61)90-76)74-53-60(52-73(86)78(74)85)89-68-32-19-18-31-63(68)81(7)44-21-23-46-83(81,89)9/h11-20,25-43,48-53H,21-24,44-47H2,1-10H3. The van der Waals surface area contributed by atoms with E-state index in [1.54, 1.807) is 0 Å². The molecule has 5 nitrogen and oxygen atoms in total. The summed E-state index contributed by atoms with van der Waals surface area (Å²) < 4.78 is 6.94. The molecule has 4 aliphatic heterocycles. The first kappa shape index (κ1) is 55.3. The van der Waals surface area contributed by atoms with Crippen molar-refractivity contribution in [2.45, 2.75) is 153 Å². The average molecular weight is 1170 g/mol. The smallest absolute Gasteiger partial charge is 0.252 e. The van der Waals surface area contributed by atoms with Crippen LogP contribution < -0.4 is 36.0 Å². The molecule has 11 aromatic rings. The molecule has 2 fully saturated rings. The summed E-state index contributed by atoms with van der Waals surface area (Å²) in [6, 6.07) is 82.3. The molecule has 17 rings (SSSR count). The van der Waals surface area contributed by atoms with Gasteiger partial charge in [-0.2, -0.15) is 0 Å². The fourth-order valence-corrected chi connectivity index (χ4v) is 18.3. The van der Waals surface area contributed by atoms with E-state index in [0.717, 1.165) is 53.3 Å². The molecule has 0 amide bonds. The lowest BCUT2D eigenvalue weighted by molar-refractivity contribution is 0.195. The van der Waals surface area contributed by atoms with Crippen molar-refractivity contribution in [3.05, 3.63) is 235 Å². The zero-order valence-electron chi connectivity index (χ0n) is 54.1. The van der Waals surface area contributed by atoms with Crippen LogP contribution in [0.5, 0.6) is 0 Å². The third-order valence-corrected chi connectivity index (χ3v) is 23.5. The molecule has 6 heteroatoms. The van der Waals surface area contributed by atoms with Gasteiger partial charge in [-0.1, -0.05) is 215 Å². The lowest BCUT2D eigenvalue weighted by Crippen LogP contribution is -2.62. The Kier molecular flexibility index (Phi) is 11.9. The first-order chi connectivity index (χ1) is 43.4. The van der Waals surface area contributed by atoms with E-state index in [1.807, 2.05) is 0 Å². The Hall–Kier alpha value is -8.74. The molecular weight excluding hydrogens is 1090 g/mol. The summed E-state index contributed by atoms with van der Waals surface area (Å²) in [4.78, 5) is 11.0. The van der Waals surface area contributed by atoms with E-state index in [0.29, 0.717) is 0 Å². The van der Waals surface area contributed by atoms with Gasteiger partial charge in [0.25, 0.3) is 6.71 Å². The topological polar surface area (TPSA) is 26.1 Å². The molecule has 2 saturated carbocycles. The maximum Gasteiger partial charge on any atom is 0.252 e. The summed E-state index contributed by atoms with van der Waals surface area (Å²) in [5.74, 6) is 0. The van der Waals surface area contributed by atoms with Crippen LogP contribution >= 0.6 is 0 Å². The predicted molar refractivity (Wildman–Crippen MR) is 382 cm³/mol. The number of hydrogen-bond acceptors (Lipinski definition) is 5. The van der Waals surface area contributed by atoms with Crippen molar-refractivity contribution < 1.29 is 4.42 Å². The maximum absolute atomic E-state index is 6.94. The first-order valence-corrected chi connectivity index (χ1v) is 33.4. The van der Waals surface area contributed by atoms with E-state index in [1.165, 1.54) is 138 Å². The normalized spacial score (nSPS) is 22.3. The van der Waals surface area contributed by atoms with Crippen LogP contribution in [-0.4, -0.2) is 17.8 Å². The number of hydrogen-bond donors (Lipinski definition) is 0. The fraction of sp³-hybridized carbons (Fsp3) is 0.286. The zero-order chi connectivity index (χ0) is 61.4. The molecule has 0 saturated heterocycles. The minimum atomic E-state index is -0.200. The van der Waals surface area contributed by atoms with Gasteiger partial charge in [-0.15, -0.1) is 0 Å². The summed E-state index contributed by atoms with van der Waals surface area (Å²) in [5.41, 5.74) is 27.8. The molecular formula is C84H81BN4O. The Morgan fingerprint density at radius 2 is 0.922 bits per heavy atom. The SMILES string of the molecule is CC(C)(C)c1ccc2c(c1)B1c3ccc(N4c5ccc(-c6ccccc6)cc5C5(C)CCCCC45C)cc3N(c3cccc4oc5ccccc5c34)c3cc(N4c5ccccc5C5(C)CCCCC45C)cc(c31)N2c1ccc(C(C)(C)C)cc1-c1ccccc1. The van der Waals surface area contributed by atoms with Gasteiger partial charge in [0.1, 0.15) is 11.2 Å². The molecule has 10 aromatic carbocycles. The van der Waals surface area contributed by atoms with E-state index < -0.39 is 0 Å². The molecule has 4 atom stereocenters. The lowest BCUT2D eigenvalue weighted by Gasteiger charge is -2.51. The summed E-state index contributed by atoms with van der Waals surface area (Å²) in [5, 5.41) is 2.24. The zero-order valence-corrected chi connectivity index (χ0v) is 54.1. The highest BCUT2D eigenvalue weighted by Crippen LogP contribution is 2.64. The Morgan fingerprint density at radius 1 is 0.378 bits per heavy atom. The molecule has 0 bridgehead atoms. The number of rotatable bonds is 6. The quantitative estimate of drug-likeness (QED) is 0.155. The van der Waals surface area contributed by atoms with Gasteiger partial charge < -0.3 is 24.0 Å². The van der Waals surface area contributed by atoms with Crippen molar-refractivity contribution in [1.29, 1.82) is 0 Å². The molecule has 446 valence electrons. The average Bonchev–Trinajstić information content (AvgIpc) is 1.24. The molecule has 0 spiro atoms. The van der Waals surface area contributed by atoms with Gasteiger partial charge in [0.2, 0.25) is 0 Å². The highest BCUT2D eigenvalue weighted by atomic mass is 16.3. The molecule has 6 aliphatic rings. The van der Waals surface area contributed by atoms with Gasteiger partial charge in [0.15, 0.2) is 0 Å². The summed E-state index contributed by atoms with van der Waals surface area (Å²) in [6.07, 6.45) is 9.33. The van der Waals surface area contributed by atoms with E-state index in [4.69, 9.17) is 4.42 Å². The van der Waals surface area contributed by atoms with Crippen molar-refractivity contribution >= 4 is 102 Å². The van der Waals surface area contributed by atoms with Crippen LogP contribution in [0.15, 0.2) is 217 Å². The van der Waals surface area contributed by atoms with Crippen LogP contribution in [0, 0.1) is 0 Å². The fourth-order valence-electron chi connectivity index (χ4n) is 18.3. The number of anilines is 10. The third-order valence-electron chi connectivity index (χ3n) is 23.5. The van der Waals surface area contributed by atoms with Gasteiger partial charge in [-0.3, -0.25) is 0 Å². The van der Waals surface area contributed by atoms with Crippen LogP contribution in [0.2, 0.25) is 0 Å². The number of para-hydroxylation sites is 2. The van der Waals surface area contributed by atoms with Crippen molar-refractivity contribution in [2.24, 2.45) is 0 Å². The van der Waals surface area contributed by atoms with Crippen molar-refractivity contribution in [3.8, 4) is 22.3 Å². The van der Waals surface area contributed by atoms with Crippen LogP contribution in [0.1, 0.15) is 143 Å². The van der Waals surface area contributed by atoms with Gasteiger partial charge in [0.05, 0.1) is 27.8 Å². The number of fused-ring (bicyclic) bond motifs is 13. The predicted octanol–water partition coefficient (Wildman–Crippen LogP) is 21.1. The Balaban J connectivity index is 1.00. The summed E-state index contributed by atoms with van der Waals surface area (Å²) in [7, 11) is 0. The minimum Gasteiger partial charge on any atom is -0.456 e. The van der Waals surface area contributed by atoms with Crippen molar-refractivity contribution in [3.63, 3.8) is 0 Å². The van der Waals surface area contributed by atoms with Crippen LogP contribution in [-0.2, 0) is 21.7 Å². The van der Waals surface area contributed by atoms with Gasteiger partial charge >= 0.3 is 0 Å². The van der Waals surface area contributed by atoms with Crippen molar-refractivity contribution in [2.75, 3.05) is 19.6 Å². The lowest BCUT2D eigenvalue weighted by atomic mass is 9.33. The molecule has 5 heterocycles. The maximum atomic E-state index is 6.94. The largest absolute Gasteiger partial charge is 0.456 e. The Morgan fingerprint density at radius 3 is 1.63 bits per heavy atom. The Labute approximate surface area is 533 Å². The molecule has 90 heavy (non-hydrogen) atoms. The molecule has 2 aliphatic carbocycles. The first-order valence-electron chi connectivity index (χ1n) is 33.4. The molecule has 0 N–H and O–H groups in total. The van der Waals surface area contributed by atoms with E-state index in [9.17, 15) is 0 Å². The van der Waals surface area contributed by atoms with Crippen LogP contribution in [0.4, 0.5) is 56.9 Å². The van der Waals surface area contributed by atoms with Crippen LogP contribution in [0.25, 0.3) is 44.2 Å². The molecule has 1 aromatic heterocycles. The third kappa shape index (κ3) is 7.69. The van der Waals surface area contributed by atoms with Crippen molar-refractivity contribution in [1.82, 2.24) is 0 Å². The second-order valence-corrected chi connectivity index (χ2v) is 30.3. The Bertz CT molecular complexity index is 4760. The van der Waals surface area contributed by atoms with Gasteiger partial charge in [-0.25, -0.2) is 0 Å². The highest BCUT2D eigenvalue weighted by Gasteiger charge is 2.60. The highest BCUT2D eigenvalue weighted by molar-refractivity contribution is 7.00. The number of furan rings is 1. The van der Waals surface area contributed by atoms with Crippen LogP contribution in [0.3, 0.4) is 0 Å². The summed E-state index contributed by atoms with van der Waals surface area (Å²) in [6.45, 7) is 24.4. The molecule has 4 unspecified atom stereocenters. The number of nitrogens with zero attached hydrogens (tertiary/aromatic N) is 4. The van der Waals surface area contributed by atoms with E-state index in [2.05, 4.69) is 301 Å². The second-order valence-electron chi connectivity index (χ2n) is 30.3. The molecule has 0 radical (unpaired) electrons. The minimum absolute atomic E-state index is 0.0590. The van der Waals surface area contributed by atoms with Gasteiger partial charge in [0, 0.05) is 67.3 Å². The second kappa shape index (κ2) is 19.4. The number of benzene rings is 10. The van der Waals surface area contributed by atoms with E-state index in [-0.39, 0.29) is 39.5 Å². The van der Waals surface area contributed by atoms with E-state index >= 15 is 0 Å². The monoisotopic (exact) mass is 1170 g/mol. The van der Waals surface area contributed by atoms with Gasteiger partial charge in [-0.05, 0) is 185 Å². The summed E-state index contributed by atoms with van der Waals surface area (Å²) >= 11 is 0.